The lowest BCUT2D eigenvalue weighted by molar-refractivity contribution is -0.455. The lowest BCUT2D eigenvalue weighted by Crippen LogP contribution is -2.76. The van der Waals surface area contributed by atoms with Gasteiger partial charge in [-0.1, -0.05) is 9.24 Å². The van der Waals surface area contributed by atoms with Crippen molar-refractivity contribution < 1.29 is 92.2 Å². The van der Waals surface area contributed by atoms with Gasteiger partial charge in [-0.3, -0.25) is 0 Å². The number of halogens is 21. The van der Waals surface area contributed by atoms with Crippen LogP contribution in [0.25, 0.3) is 0 Å². The fraction of sp³-hybridized carbons (Fsp3) is 1.00. The predicted molar refractivity (Wildman–Crippen MR) is 60.3 cm³/mol. The highest BCUT2D eigenvalue weighted by molar-refractivity contribution is 7.19. The molecule has 0 aliphatic carbocycles. The van der Waals surface area contributed by atoms with Crippen LogP contribution in [0, 0.1) is 0 Å². The average Bonchev–Trinajstić information content (AvgIpc) is 2.51. The summed E-state index contributed by atoms with van der Waals surface area (Å²) < 4.78 is 267. The molecular weight excluding hydrogens is 550 g/mol. The highest BCUT2D eigenvalue weighted by Gasteiger charge is 2.96. The van der Waals surface area contributed by atoms with Gasteiger partial charge in [0.05, 0.1) is 0 Å². The van der Waals surface area contributed by atoms with Crippen molar-refractivity contribution in [2.24, 2.45) is 0 Å². The Kier molecular flexibility index (Phi) is 6.99. The Morgan fingerprint density at radius 3 is 0.656 bits per heavy atom. The van der Waals surface area contributed by atoms with Crippen LogP contribution >= 0.6 is 9.24 Å². The van der Waals surface area contributed by atoms with Crippen LogP contribution in [0.5, 0.6) is 0 Å². The summed E-state index contributed by atoms with van der Waals surface area (Å²) in [7, 11) is -1.22. The van der Waals surface area contributed by atoms with Crippen molar-refractivity contribution in [3.63, 3.8) is 0 Å². The zero-order chi connectivity index (χ0) is 27.0. The molecule has 0 radical (unpaired) electrons. The molecule has 0 aliphatic rings. The van der Waals surface area contributed by atoms with Gasteiger partial charge in [0.1, 0.15) is 0 Å². The van der Waals surface area contributed by atoms with Crippen molar-refractivity contribution in [3.05, 3.63) is 0 Å². The molecule has 0 aromatic heterocycles. The van der Waals surface area contributed by atoms with E-state index in [-0.39, 0.29) is 0 Å². The molecule has 0 saturated carbocycles. The first-order chi connectivity index (χ1) is 13.2. The molecule has 0 amide bonds. The van der Waals surface area contributed by atoms with Gasteiger partial charge in [0.2, 0.25) is 0 Å². The number of hydrogen-bond donors (Lipinski definition) is 0. The van der Waals surface area contributed by atoms with Crippen LogP contribution in [0.4, 0.5) is 92.2 Å². The molecule has 0 aromatic rings. The summed E-state index contributed by atoms with van der Waals surface area (Å²) in [4.78, 5) is 0. The van der Waals surface area contributed by atoms with E-state index < -0.39 is 68.5 Å². The third kappa shape index (κ3) is 3.54. The van der Waals surface area contributed by atoms with E-state index >= 15 is 0 Å². The average molecular weight is 552 g/mol. The molecule has 0 rings (SSSR count). The van der Waals surface area contributed by atoms with E-state index in [0.29, 0.717) is 0 Å². The molecule has 194 valence electrons. The topological polar surface area (TPSA) is 0 Å². The van der Waals surface area contributed by atoms with Crippen LogP contribution in [0.1, 0.15) is 0 Å². The molecular formula is C10H2F21P. The zero-order valence-corrected chi connectivity index (χ0v) is 14.7. The predicted octanol–water partition coefficient (Wildman–Crippen LogP) is 7.10. The molecule has 22 heteroatoms. The Bertz CT molecular complexity index is 632. The fourth-order valence-electron chi connectivity index (χ4n) is 1.60. The minimum Gasteiger partial charge on any atom is -0.225 e. The highest BCUT2D eigenvalue weighted by atomic mass is 31.0. The van der Waals surface area contributed by atoms with Crippen LogP contribution < -0.4 is 0 Å². The maximum Gasteiger partial charge on any atom is 0.460 e. The van der Waals surface area contributed by atoms with Crippen molar-refractivity contribution in [2.75, 3.05) is 0 Å². The standard InChI is InChI=1S/C10H2F21P/c11-1(12,3(15,16)6(21,22)9(26,27)28)2(13,14)4(17,18)8(25,32)5(19,20)7(23,24)10(29,30)31/h32H2. The Balaban J connectivity index is 7.00. The van der Waals surface area contributed by atoms with E-state index in [1.807, 2.05) is 0 Å². The molecule has 0 aliphatic heterocycles. The lowest BCUT2D eigenvalue weighted by Gasteiger charge is -2.45. The Hall–Kier alpha value is -1.04. The van der Waals surface area contributed by atoms with Crippen molar-refractivity contribution in [1.82, 2.24) is 0 Å². The maximum atomic E-state index is 13.6. The van der Waals surface area contributed by atoms with Gasteiger partial charge in [-0.25, -0.2) is 4.39 Å². The van der Waals surface area contributed by atoms with Crippen LogP contribution in [-0.2, 0) is 0 Å². The van der Waals surface area contributed by atoms with Gasteiger partial charge in [-0.2, -0.15) is 87.8 Å². The number of rotatable bonds is 7. The van der Waals surface area contributed by atoms with Crippen molar-refractivity contribution in [3.8, 4) is 0 Å². The van der Waals surface area contributed by atoms with E-state index in [1.54, 1.807) is 0 Å². The molecule has 0 heterocycles. The van der Waals surface area contributed by atoms with E-state index in [9.17, 15) is 92.2 Å². The first kappa shape index (κ1) is 31.0. The van der Waals surface area contributed by atoms with Gasteiger partial charge in [-0.15, -0.1) is 0 Å². The summed E-state index contributed by atoms with van der Waals surface area (Å²) in [5.41, 5.74) is 0. The smallest absolute Gasteiger partial charge is 0.225 e. The number of hydrogen-bond acceptors (Lipinski definition) is 0. The molecule has 0 bridgehead atoms. The normalized spacial score (nSPS) is 18.6. The second-order valence-electron chi connectivity index (χ2n) is 5.73. The summed E-state index contributed by atoms with van der Waals surface area (Å²) in [5.74, 6) is -59.9. The largest absolute Gasteiger partial charge is 0.460 e. The molecule has 0 N–H and O–H groups in total. The van der Waals surface area contributed by atoms with Crippen molar-refractivity contribution in [2.45, 2.75) is 59.2 Å². The van der Waals surface area contributed by atoms with Crippen LogP contribution in [0.3, 0.4) is 0 Å². The van der Waals surface area contributed by atoms with Crippen molar-refractivity contribution in [1.29, 1.82) is 0 Å². The van der Waals surface area contributed by atoms with Gasteiger partial charge in [-0.05, 0) is 0 Å². The monoisotopic (exact) mass is 552 g/mol. The summed E-state index contributed by atoms with van der Waals surface area (Å²) >= 11 is 0. The van der Waals surface area contributed by atoms with E-state index in [0.717, 1.165) is 0 Å². The Morgan fingerprint density at radius 2 is 0.406 bits per heavy atom. The minimum absolute atomic E-state index is 1.22. The second kappa shape index (κ2) is 7.23. The fourth-order valence-corrected chi connectivity index (χ4v) is 1.96. The third-order valence-corrected chi connectivity index (χ3v) is 4.32. The van der Waals surface area contributed by atoms with Gasteiger partial charge in [0.25, 0.3) is 5.41 Å². The van der Waals surface area contributed by atoms with Crippen molar-refractivity contribution >= 4 is 9.24 Å². The molecule has 2 unspecified atom stereocenters. The lowest BCUT2D eigenvalue weighted by atomic mass is 9.88. The van der Waals surface area contributed by atoms with Crippen LogP contribution in [-0.4, -0.2) is 59.2 Å². The number of alkyl halides is 21. The molecule has 2 atom stereocenters. The van der Waals surface area contributed by atoms with E-state index in [1.165, 1.54) is 0 Å². The molecule has 32 heavy (non-hydrogen) atoms. The molecule has 0 fully saturated rings. The Morgan fingerprint density at radius 1 is 0.250 bits per heavy atom. The minimum atomic E-state index is -8.90. The summed E-state index contributed by atoms with van der Waals surface area (Å²) in [6.45, 7) is 0. The first-order valence-corrected chi connectivity index (χ1v) is 7.08. The molecule has 0 saturated heterocycles. The van der Waals surface area contributed by atoms with Crippen LogP contribution in [0.2, 0.25) is 0 Å². The molecule has 0 spiro atoms. The van der Waals surface area contributed by atoms with Gasteiger partial charge in [0.15, 0.2) is 0 Å². The molecule has 0 aromatic carbocycles. The highest BCUT2D eigenvalue weighted by Crippen LogP contribution is 2.67. The zero-order valence-electron chi connectivity index (χ0n) is 13.5. The quantitative estimate of drug-likeness (QED) is 0.234. The van der Waals surface area contributed by atoms with Crippen LogP contribution in [0.15, 0.2) is 0 Å². The van der Waals surface area contributed by atoms with Gasteiger partial charge in [0, 0.05) is 0 Å². The summed E-state index contributed by atoms with van der Waals surface area (Å²) in [5, 5.41) is -7.71. The van der Waals surface area contributed by atoms with E-state index in [2.05, 4.69) is 0 Å². The molecule has 0 nitrogen and oxygen atoms in total. The SMILES string of the molecule is FC(F)(F)C(F)(F)C(F)(F)C(F)(F)C(F)(F)C(F)(F)C(F)(P)C(F)(F)C(F)(F)C(F)(F)F. The Labute approximate surface area is 162 Å². The second-order valence-corrected chi connectivity index (χ2v) is 6.52. The third-order valence-electron chi connectivity index (χ3n) is 3.60. The first-order valence-electron chi connectivity index (χ1n) is 6.51. The summed E-state index contributed by atoms with van der Waals surface area (Å²) in [6, 6.07) is 0. The van der Waals surface area contributed by atoms with E-state index in [4.69, 9.17) is 0 Å². The van der Waals surface area contributed by atoms with Gasteiger partial charge >= 0.3 is 53.8 Å². The maximum absolute atomic E-state index is 13.6. The van der Waals surface area contributed by atoms with Gasteiger partial charge < -0.3 is 0 Å². The summed E-state index contributed by atoms with van der Waals surface area (Å²) in [6.07, 6.45) is -15.7.